The van der Waals surface area contributed by atoms with Crippen LogP contribution in [0.2, 0.25) is 0 Å². The van der Waals surface area contributed by atoms with Crippen molar-refractivity contribution in [2.24, 2.45) is 0 Å². The molecule has 0 bridgehead atoms. The fraction of sp³-hybridized carbons (Fsp3) is 0.571. The Bertz CT molecular complexity index is 357. The van der Waals surface area contributed by atoms with Gasteiger partial charge in [0.2, 0.25) is 0 Å². The molecule has 0 aliphatic rings. The summed E-state index contributed by atoms with van der Waals surface area (Å²) in [6.45, 7) is 7.68. The van der Waals surface area contributed by atoms with Crippen molar-refractivity contribution in [1.82, 2.24) is 5.32 Å². The van der Waals surface area contributed by atoms with Crippen molar-refractivity contribution in [3.05, 3.63) is 29.8 Å². The Kier molecular flexibility index (Phi) is 4.54. The second kappa shape index (κ2) is 5.52. The quantitative estimate of drug-likeness (QED) is 0.826. The standard InChI is InChI=1S/C14H23NO2/c1-10(15-11(2)14(3,4)16)12-7-6-8-13(9-12)17-5/h6-11,15-16H,1-5H3/t10-,11?/m0/s1. The lowest BCUT2D eigenvalue weighted by Gasteiger charge is -2.30. The first-order chi connectivity index (χ1) is 7.84. The molecule has 1 unspecified atom stereocenters. The molecule has 0 saturated carbocycles. The highest BCUT2D eigenvalue weighted by Crippen LogP contribution is 2.20. The Morgan fingerprint density at radius 3 is 2.47 bits per heavy atom. The topological polar surface area (TPSA) is 41.5 Å². The summed E-state index contributed by atoms with van der Waals surface area (Å²) in [5.41, 5.74) is 0.424. The van der Waals surface area contributed by atoms with E-state index in [1.54, 1.807) is 7.11 Å². The first-order valence-corrected chi connectivity index (χ1v) is 5.97. The van der Waals surface area contributed by atoms with Gasteiger partial charge in [-0.1, -0.05) is 12.1 Å². The zero-order chi connectivity index (χ0) is 13.1. The van der Waals surface area contributed by atoms with Crippen molar-refractivity contribution < 1.29 is 9.84 Å². The van der Waals surface area contributed by atoms with Gasteiger partial charge in [-0.05, 0) is 45.4 Å². The molecular formula is C14H23NO2. The van der Waals surface area contributed by atoms with Crippen molar-refractivity contribution in [2.75, 3.05) is 7.11 Å². The van der Waals surface area contributed by atoms with Gasteiger partial charge in [-0.3, -0.25) is 0 Å². The van der Waals surface area contributed by atoms with Crippen LogP contribution in [0.15, 0.2) is 24.3 Å². The van der Waals surface area contributed by atoms with Crippen LogP contribution in [-0.2, 0) is 0 Å². The van der Waals surface area contributed by atoms with Gasteiger partial charge in [0.15, 0.2) is 0 Å². The third-order valence-electron chi connectivity index (χ3n) is 3.15. The van der Waals surface area contributed by atoms with E-state index < -0.39 is 5.60 Å². The molecule has 0 heterocycles. The molecule has 0 amide bonds. The molecule has 96 valence electrons. The van der Waals surface area contributed by atoms with Crippen molar-refractivity contribution in [1.29, 1.82) is 0 Å². The minimum atomic E-state index is -0.729. The molecular weight excluding hydrogens is 214 g/mol. The number of hydrogen-bond donors (Lipinski definition) is 2. The van der Waals surface area contributed by atoms with E-state index in [2.05, 4.69) is 18.3 Å². The highest BCUT2D eigenvalue weighted by Gasteiger charge is 2.23. The monoisotopic (exact) mass is 237 g/mol. The number of hydrogen-bond acceptors (Lipinski definition) is 3. The van der Waals surface area contributed by atoms with Crippen molar-refractivity contribution in [2.45, 2.75) is 45.4 Å². The summed E-state index contributed by atoms with van der Waals surface area (Å²) in [4.78, 5) is 0. The number of aliphatic hydroxyl groups is 1. The van der Waals surface area contributed by atoms with E-state index in [9.17, 15) is 5.11 Å². The molecule has 0 spiro atoms. The first kappa shape index (κ1) is 14.0. The molecule has 0 aliphatic heterocycles. The SMILES string of the molecule is COc1cccc([C@H](C)NC(C)C(C)(C)O)c1. The van der Waals surface area contributed by atoms with E-state index in [4.69, 9.17) is 4.74 Å². The van der Waals surface area contributed by atoms with Crippen LogP contribution in [0, 0.1) is 0 Å². The molecule has 0 fully saturated rings. The van der Waals surface area contributed by atoms with Crippen LogP contribution in [0.5, 0.6) is 5.75 Å². The molecule has 1 aromatic carbocycles. The average Bonchev–Trinajstić information content (AvgIpc) is 2.27. The summed E-state index contributed by atoms with van der Waals surface area (Å²) in [6, 6.07) is 8.15. The smallest absolute Gasteiger partial charge is 0.119 e. The van der Waals surface area contributed by atoms with Crippen LogP contribution < -0.4 is 10.1 Å². The Balaban J connectivity index is 2.72. The number of nitrogens with one attached hydrogen (secondary N) is 1. The second-order valence-electron chi connectivity index (χ2n) is 5.04. The number of methoxy groups -OCH3 is 1. The summed E-state index contributed by atoms with van der Waals surface area (Å²) < 4.78 is 5.20. The van der Waals surface area contributed by atoms with E-state index >= 15 is 0 Å². The maximum atomic E-state index is 9.90. The van der Waals surface area contributed by atoms with E-state index in [0.717, 1.165) is 11.3 Å². The first-order valence-electron chi connectivity index (χ1n) is 5.97. The highest BCUT2D eigenvalue weighted by atomic mass is 16.5. The number of ether oxygens (including phenoxy) is 1. The van der Waals surface area contributed by atoms with Gasteiger partial charge in [-0.25, -0.2) is 0 Å². The third kappa shape index (κ3) is 4.02. The van der Waals surface area contributed by atoms with E-state index in [-0.39, 0.29) is 12.1 Å². The van der Waals surface area contributed by atoms with Gasteiger partial charge >= 0.3 is 0 Å². The van der Waals surface area contributed by atoms with Crippen molar-refractivity contribution in [3.8, 4) is 5.75 Å². The van der Waals surface area contributed by atoms with Gasteiger partial charge < -0.3 is 15.2 Å². The third-order valence-corrected chi connectivity index (χ3v) is 3.15. The van der Waals surface area contributed by atoms with Crippen LogP contribution in [0.4, 0.5) is 0 Å². The average molecular weight is 237 g/mol. The summed E-state index contributed by atoms with van der Waals surface area (Å²) in [6.07, 6.45) is 0. The molecule has 0 radical (unpaired) electrons. The Labute approximate surface area is 104 Å². The van der Waals surface area contributed by atoms with Gasteiger partial charge in [0, 0.05) is 12.1 Å². The number of rotatable bonds is 5. The van der Waals surface area contributed by atoms with Crippen molar-refractivity contribution in [3.63, 3.8) is 0 Å². The number of benzene rings is 1. The maximum absolute atomic E-state index is 9.90. The second-order valence-corrected chi connectivity index (χ2v) is 5.04. The molecule has 0 aliphatic carbocycles. The lowest BCUT2D eigenvalue weighted by molar-refractivity contribution is 0.0405. The van der Waals surface area contributed by atoms with Crippen LogP contribution in [0.3, 0.4) is 0 Å². The molecule has 1 rings (SSSR count). The maximum Gasteiger partial charge on any atom is 0.119 e. The molecule has 1 aromatic rings. The fourth-order valence-electron chi connectivity index (χ4n) is 1.59. The van der Waals surface area contributed by atoms with Crippen LogP contribution >= 0.6 is 0 Å². The zero-order valence-corrected chi connectivity index (χ0v) is 11.3. The lowest BCUT2D eigenvalue weighted by atomic mass is 9.98. The predicted octanol–water partition coefficient (Wildman–Crippen LogP) is 2.51. The van der Waals surface area contributed by atoms with Gasteiger partial charge in [0.25, 0.3) is 0 Å². The minimum Gasteiger partial charge on any atom is -0.497 e. The van der Waals surface area contributed by atoms with Gasteiger partial charge in [0.05, 0.1) is 12.7 Å². The van der Waals surface area contributed by atoms with E-state index in [1.807, 2.05) is 39.0 Å². The largest absolute Gasteiger partial charge is 0.497 e. The predicted molar refractivity (Wildman–Crippen MR) is 70.3 cm³/mol. The van der Waals surface area contributed by atoms with Crippen LogP contribution in [0.1, 0.15) is 39.3 Å². The Morgan fingerprint density at radius 2 is 1.94 bits per heavy atom. The summed E-state index contributed by atoms with van der Waals surface area (Å²) in [7, 11) is 1.66. The Morgan fingerprint density at radius 1 is 1.29 bits per heavy atom. The normalized spacial score (nSPS) is 15.4. The van der Waals surface area contributed by atoms with E-state index in [1.165, 1.54) is 0 Å². The molecule has 0 aromatic heterocycles. The Hall–Kier alpha value is -1.06. The zero-order valence-electron chi connectivity index (χ0n) is 11.3. The summed E-state index contributed by atoms with van der Waals surface area (Å²) in [5.74, 6) is 0.854. The molecule has 2 atom stereocenters. The minimum absolute atomic E-state index is 0.0173. The lowest BCUT2D eigenvalue weighted by Crippen LogP contribution is -2.45. The van der Waals surface area contributed by atoms with Crippen molar-refractivity contribution >= 4 is 0 Å². The molecule has 3 nitrogen and oxygen atoms in total. The summed E-state index contributed by atoms with van der Waals surface area (Å²) in [5, 5.41) is 13.3. The van der Waals surface area contributed by atoms with Crippen LogP contribution in [-0.4, -0.2) is 23.9 Å². The van der Waals surface area contributed by atoms with Gasteiger partial charge in [0.1, 0.15) is 5.75 Å². The molecule has 3 heteroatoms. The molecule has 17 heavy (non-hydrogen) atoms. The highest BCUT2D eigenvalue weighted by molar-refractivity contribution is 5.30. The van der Waals surface area contributed by atoms with Crippen LogP contribution in [0.25, 0.3) is 0 Å². The van der Waals surface area contributed by atoms with Gasteiger partial charge in [-0.2, -0.15) is 0 Å². The summed E-state index contributed by atoms with van der Waals surface area (Å²) >= 11 is 0. The molecule has 2 N–H and O–H groups in total. The van der Waals surface area contributed by atoms with Gasteiger partial charge in [-0.15, -0.1) is 0 Å². The fourth-order valence-corrected chi connectivity index (χ4v) is 1.59. The van der Waals surface area contributed by atoms with E-state index in [0.29, 0.717) is 0 Å². The molecule has 0 saturated heterocycles.